The number of hydrogen-bond acceptors (Lipinski definition) is 4. The summed E-state index contributed by atoms with van der Waals surface area (Å²) in [6.07, 6.45) is 0. The van der Waals surface area contributed by atoms with Gasteiger partial charge in [-0.2, -0.15) is 4.98 Å². The molecule has 1 aromatic heterocycles. The number of hydrogen-bond donors (Lipinski definition) is 1. The summed E-state index contributed by atoms with van der Waals surface area (Å²) in [5.41, 5.74) is 3.27. The summed E-state index contributed by atoms with van der Waals surface area (Å²) >= 11 is 0. The molecule has 1 fully saturated rings. The van der Waals surface area contributed by atoms with Crippen molar-refractivity contribution < 1.29 is 4.42 Å². The Morgan fingerprint density at radius 1 is 1.20 bits per heavy atom. The summed E-state index contributed by atoms with van der Waals surface area (Å²) < 4.78 is 5.86. The van der Waals surface area contributed by atoms with Crippen LogP contribution in [-0.4, -0.2) is 31.2 Å². The van der Waals surface area contributed by atoms with E-state index in [0.29, 0.717) is 0 Å². The molecule has 110 valence electrons. The number of oxazole rings is 1. The topological polar surface area (TPSA) is 41.3 Å². The number of nitrogens with zero attached hydrogens (tertiary/aromatic N) is 2. The number of fused-ring (bicyclic) bond motifs is 1. The maximum absolute atomic E-state index is 5.86. The van der Waals surface area contributed by atoms with Crippen LogP contribution in [0.1, 0.15) is 26.3 Å². The number of rotatable bonds is 1. The minimum atomic E-state index is 0. The summed E-state index contributed by atoms with van der Waals surface area (Å²) in [7, 11) is 0. The Bertz CT molecular complexity index is 582. The van der Waals surface area contributed by atoms with Gasteiger partial charge in [0.15, 0.2) is 5.58 Å². The van der Waals surface area contributed by atoms with Crippen LogP contribution in [0.3, 0.4) is 0 Å². The van der Waals surface area contributed by atoms with Crippen molar-refractivity contribution in [3.8, 4) is 0 Å². The molecular formula is C15H22ClN3O. The predicted molar refractivity (Wildman–Crippen MR) is 85.0 cm³/mol. The SMILES string of the molecule is CC(C)(C)c1ccc2oc(N3CCNCC3)nc2c1.Cl. The minimum absolute atomic E-state index is 0. The van der Waals surface area contributed by atoms with Crippen molar-refractivity contribution >= 4 is 29.5 Å². The molecule has 0 aliphatic carbocycles. The fourth-order valence-corrected chi connectivity index (χ4v) is 2.37. The van der Waals surface area contributed by atoms with Gasteiger partial charge in [-0.3, -0.25) is 0 Å². The zero-order valence-electron chi connectivity index (χ0n) is 12.3. The number of benzene rings is 1. The molecule has 1 aliphatic rings. The highest BCUT2D eigenvalue weighted by molar-refractivity contribution is 5.85. The van der Waals surface area contributed by atoms with Crippen molar-refractivity contribution in [2.24, 2.45) is 0 Å². The molecule has 20 heavy (non-hydrogen) atoms. The predicted octanol–water partition coefficient (Wildman–Crippen LogP) is 2.96. The second kappa shape index (κ2) is 5.62. The standard InChI is InChI=1S/C15H21N3O.ClH/c1-15(2,3)11-4-5-13-12(10-11)17-14(19-13)18-8-6-16-7-9-18;/h4-5,10,16H,6-9H2,1-3H3;1H. The minimum Gasteiger partial charge on any atom is -0.423 e. The highest BCUT2D eigenvalue weighted by atomic mass is 35.5. The molecule has 0 saturated carbocycles. The molecule has 4 nitrogen and oxygen atoms in total. The highest BCUT2D eigenvalue weighted by Gasteiger charge is 2.19. The maximum atomic E-state index is 5.86. The molecule has 0 bridgehead atoms. The van der Waals surface area contributed by atoms with Crippen LogP contribution in [0, 0.1) is 0 Å². The second-order valence-electron chi connectivity index (χ2n) is 6.17. The van der Waals surface area contributed by atoms with E-state index in [4.69, 9.17) is 4.42 Å². The molecular weight excluding hydrogens is 274 g/mol. The van der Waals surface area contributed by atoms with Crippen LogP contribution in [-0.2, 0) is 5.41 Å². The van der Waals surface area contributed by atoms with E-state index in [1.807, 2.05) is 6.07 Å². The number of anilines is 1. The lowest BCUT2D eigenvalue weighted by Crippen LogP contribution is -2.43. The fraction of sp³-hybridized carbons (Fsp3) is 0.533. The summed E-state index contributed by atoms with van der Waals surface area (Å²) in [6, 6.07) is 7.07. The van der Waals surface area contributed by atoms with E-state index in [0.717, 1.165) is 43.3 Å². The first-order valence-electron chi connectivity index (χ1n) is 6.91. The van der Waals surface area contributed by atoms with Gasteiger partial charge in [0, 0.05) is 26.2 Å². The van der Waals surface area contributed by atoms with E-state index >= 15 is 0 Å². The van der Waals surface area contributed by atoms with E-state index < -0.39 is 0 Å². The van der Waals surface area contributed by atoms with Gasteiger partial charge in [0.25, 0.3) is 6.01 Å². The first kappa shape index (κ1) is 15.1. The van der Waals surface area contributed by atoms with Crippen LogP contribution in [0.5, 0.6) is 0 Å². The Morgan fingerprint density at radius 2 is 1.90 bits per heavy atom. The number of halogens is 1. The molecule has 0 amide bonds. The van der Waals surface area contributed by atoms with Crippen molar-refractivity contribution in [2.45, 2.75) is 26.2 Å². The third-order valence-electron chi connectivity index (χ3n) is 3.63. The normalized spacial score (nSPS) is 16.2. The first-order chi connectivity index (χ1) is 9.04. The molecule has 2 aromatic rings. The monoisotopic (exact) mass is 295 g/mol. The van der Waals surface area contributed by atoms with Gasteiger partial charge < -0.3 is 14.6 Å². The summed E-state index contributed by atoms with van der Waals surface area (Å²) in [6.45, 7) is 10.5. The summed E-state index contributed by atoms with van der Waals surface area (Å²) in [5.74, 6) is 0. The van der Waals surface area contributed by atoms with E-state index in [2.05, 4.69) is 48.1 Å². The van der Waals surface area contributed by atoms with Crippen molar-refractivity contribution in [1.29, 1.82) is 0 Å². The Balaban J connectivity index is 0.00000147. The van der Waals surface area contributed by atoms with Crippen LogP contribution < -0.4 is 10.2 Å². The molecule has 5 heteroatoms. The molecule has 1 N–H and O–H groups in total. The first-order valence-corrected chi connectivity index (χ1v) is 6.91. The van der Waals surface area contributed by atoms with Gasteiger partial charge >= 0.3 is 0 Å². The number of aromatic nitrogens is 1. The van der Waals surface area contributed by atoms with Gasteiger partial charge in [-0.1, -0.05) is 26.8 Å². The van der Waals surface area contributed by atoms with Crippen molar-refractivity contribution in [3.05, 3.63) is 23.8 Å². The second-order valence-corrected chi connectivity index (χ2v) is 6.17. The number of piperazine rings is 1. The molecule has 0 atom stereocenters. The van der Waals surface area contributed by atoms with Crippen LogP contribution in [0.2, 0.25) is 0 Å². The van der Waals surface area contributed by atoms with Gasteiger partial charge in [-0.05, 0) is 23.1 Å². The van der Waals surface area contributed by atoms with Gasteiger partial charge in [0.1, 0.15) is 5.52 Å². The molecule has 0 spiro atoms. The van der Waals surface area contributed by atoms with Crippen LogP contribution >= 0.6 is 12.4 Å². The van der Waals surface area contributed by atoms with Crippen LogP contribution in [0.25, 0.3) is 11.1 Å². The molecule has 1 aromatic carbocycles. The average molecular weight is 296 g/mol. The van der Waals surface area contributed by atoms with Gasteiger partial charge in [0.2, 0.25) is 0 Å². The van der Waals surface area contributed by atoms with Crippen LogP contribution in [0.4, 0.5) is 6.01 Å². The molecule has 3 rings (SSSR count). The Labute approximate surface area is 126 Å². The fourth-order valence-electron chi connectivity index (χ4n) is 2.37. The highest BCUT2D eigenvalue weighted by Crippen LogP contribution is 2.28. The Morgan fingerprint density at radius 3 is 2.55 bits per heavy atom. The van der Waals surface area contributed by atoms with Crippen molar-refractivity contribution in [1.82, 2.24) is 10.3 Å². The van der Waals surface area contributed by atoms with E-state index in [1.54, 1.807) is 0 Å². The lowest BCUT2D eigenvalue weighted by Gasteiger charge is -2.25. The largest absolute Gasteiger partial charge is 0.423 e. The zero-order valence-corrected chi connectivity index (χ0v) is 13.1. The zero-order chi connectivity index (χ0) is 13.5. The maximum Gasteiger partial charge on any atom is 0.298 e. The summed E-state index contributed by atoms with van der Waals surface area (Å²) in [4.78, 5) is 6.84. The Kier molecular flexibility index (Phi) is 4.25. The smallest absolute Gasteiger partial charge is 0.298 e. The van der Waals surface area contributed by atoms with Crippen molar-refractivity contribution in [2.75, 3.05) is 31.1 Å². The number of nitrogens with one attached hydrogen (secondary N) is 1. The van der Waals surface area contributed by atoms with Gasteiger partial charge in [-0.15, -0.1) is 12.4 Å². The quantitative estimate of drug-likeness (QED) is 0.878. The average Bonchev–Trinajstić information content (AvgIpc) is 2.81. The lowest BCUT2D eigenvalue weighted by atomic mass is 9.87. The van der Waals surface area contributed by atoms with Crippen LogP contribution in [0.15, 0.2) is 22.6 Å². The lowest BCUT2D eigenvalue weighted by molar-refractivity contribution is 0.517. The Hall–Kier alpha value is -1.26. The van der Waals surface area contributed by atoms with Gasteiger partial charge in [0.05, 0.1) is 0 Å². The van der Waals surface area contributed by atoms with E-state index in [9.17, 15) is 0 Å². The molecule has 0 unspecified atom stereocenters. The third kappa shape index (κ3) is 2.91. The summed E-state index contributed by atoms with van der Waals surface area (Å²) in [5, 5.41) is 3.34. The molecule has 1 aliphatic heterocycles. The van der Waals surface area contributed by atoms with Crippen molar-refractivity contribution in [3.63, 3.8) is 0 Å². The van der Waals surface area contributed by atoms with E-state index in [1.165, 1.54) is 5.56 Å². The molecule has 0 radical (unpaired) electrons. The van der Waals surface area contributed by atoms with E-state index in [-0.39, 0.29) is 17.8 Å². The van der Waals surface area contributed by atoms with Gasteiger partial charge in [-0.25, -0.2) is 0 Å². The molecule has 1 saturated heterocycles. The molecule has 2 heterocycles. The third-order valence-corrected chi connectivity index (χ3v) is 3.63.